The van der Waals surface area contributed by atoms with Crippen molar-refractivity contribution in [1.29, 1.82) is 0 Å². The lowest BCUT2D eigenvalue weighted by Crippen LogP contribution is -2.58. The standard InChI is InChI=1S/C15H32O3Si2/c1-11-14(16)17-20(12(2)3,13(4)5)18-19(9,10)15(6,7)8/h11-13H,1H2,2-10H3. The number of carbonyl (C=O) groups is 1. The minimum atomic E-state index is -2.64. The van der Waals surface area contributed by atoms with Gasteiger partial charge in [-0.05, 0) is 18.1 Å². The fourth-order valence-electron chi connectivity index (χ4n) is 1.91. The summed E-state index contributed by atoms with van der Waals surface area (Å²) in [6.07, 6.45) is 1.24. The van der Waals surface area contributed by atoms with Gasteiger partial charge in [0, 0.05) is 17.2 Å². The maximum atomic E-state index is 11.8. The molecule has 0 saturated carbocycles. The molecule has 0 aliphatic rings. The first-order valence-corrected chi connectivity index (χ1v) is 12.2. The van der Waals surface area contributed by atoms with Crippen LogP contribution in [0.2, 0.25) is 29.2 Å². The summed E-state index contributed by atoms with van der Waals surface area (Å²) in [5.41, 5.74) is 0.418. The van der Waals surface area contributed by atoms with E-state index >= 15 is 0 Å². The van der Waals surface area contributed by atoms with Crippen LogP contribution in [0.5, 0.6) is 0 Å². The van der Waals surface area contributed by atoms with E-state index in [-0.39, 0.29) is 22.1 Å². The summed E-state index contributed by atoms with van der Waals surface area (Å²) in [4.78, 5) is 11.8. The van der Waals surface area contributed by atoms with Crippen molar-refractivity contribution in [2.45, 2.75) is 77.7 Å². The summed E-state index contributed by atoms with van der Waals surface area (Å²) in [5.74, 6) is -0.363. The zero-order valence-electron chi connectivity index (χ0n) is 14.7. The second kappa shape index (κ2) is 6.58. The van der Waals surface area contributed by atoms with Crippen LogP contribution in [0.25, 0.3) is 0 Å². The zero-order valence-corrected chi connectivity index (χ0v) is 16.7. The molecule has 0 N–H and O–H groups in total. The van der Waals surface area contributed by atoms with Gasteiger partial charge in [0.25, 0.3) is 0 Å². The monoisotopic (exact) mass is 316 g/mol. The summed E-state index contributed by atoms with van der Waals surface area (Å²) in [5, 5.41) is 0.0929. The van der Waals surface area contributed by atoms with Gasteiger partial charge in [-0.15, -0.1) is 0 Å². The Morgan fingerprint density at radius 1 is 1.10 bits per heavy atom. The summed E-state index contributed by atoms with van der Waals surface area (Å²) in [6.45, 7) is 22.9. The summed E-state index contributed by atoms with van der Waals surface area (Å²) >= 11 is 0. The van der Waals surface area contributed by atoms with Crippen molar-refractivity contribution in [2.24, 2.45) is 0 Å². The molecule has 0 saturated heterocycles. The van der Waals surface area contributed by atoms with Crippen LogP contribution >= 0.6 is 0 Å². The lowest BCUT2D eigenvalue weighted by molar-refractivity contribution is -0.131. The first kappa shape index (κ1) is 19.6. The quantitative estimate of drug-likeness (QED) is 0.511. The van der Waals surface area contributed by atoms with Gasteiger partial charge in [-0.3, -0.25) is 0 Å². The molecule has 118 valence electrons. The average Bonchev–Trinajstić information content (AvgIpc) is 2.25. The van der Waals surface area contributed by atoms with Crippen LogP contribution in [0.1, 0.15) is 48.5 Å². The predicted octanol–water partition coefficient (Wildman–Crippen LogP) is 5.00. The molecule has 0 aromatic carbocycles. The van der Waals surface area contributed by atoms with E-state index < -0.39 is 16.9 Å². The van der Waals surface area contributed by atoms with Gasteiger partial charge in [0.2, 0.25) is 0 Å². The molecule has 0 radical (unpaired) electrons. The van der Waals surface area contributed by atoms with Gasteiger partial charge in [0.1, 0.15) is 0 Å². The maximum absolute atomic E-state index is 11.8. The Morgan fingerprint density at radius 3 is 1.75 bits per heavy atom. The minimum absolute atomic E-state index is 0.0929. The molecule has 0 amide bonds. The minimum Gasteiger partial charge on any atom is -0.491 e. The van der Waals surface area contributed by atoms with Crippen LogP contribution in [-0.2, 0) is 13.3 Å². The molecule has 20 heavy (non-hydrogen) atoms. The zero-order chi connectivity index (χ0) is 16.4. The molecule has 5 heteroatoms. The van der Waals surface area contributed by atoms with Crippen molar-refractivity contribution in [1.82, 2.24) is 0 Å². The van der Waals surface area contributed by atoms with Crippen molar-refractivity contribution in [3.05, 3.63) is 12.7 Å². The Balaban J connectivity index is 5.64. The van der Waals surface area contributed by atoms with E-state index in [4.69, 9.17) is 8.54 Å². The second-order valence-corrected chi connectivity index (χ2v) is 16.8. The maximum Gasteiger partial charge on any atom is 0.396 e. The van der Waals surface area contributed by atoms with Crippen LogP contribution in [0.15, 0.2) is 12.7 Å². The molecule has 0 rings (SSSR count). The Kier molecular flexibility index (Phi) is 6.45. The van der Waals surface area contributed by atoms with E-state index in [1.165, 1.54) is 6.08 Å². The molecule has 3 nitrogen and oxygen atoms in total. The van der Waals surface area contributed by atoms with E-state index in [9.17, 15) is 4.79 Å². The molecule has 0 spiro atoms. The molecule has 0 aromatic heterocycles. The fourth-order valence-corrected chi connectivity index (χ4v) is 10.6. The van der Waals surface area contributed by atoms with Gasteiger partial charge in [-0.2, -0.15) is 0 Å². The van der Waals surface area contributed by atoms with Crippen LogP contribution in [-0.4, -0.2) is 22.8 Å². The van der Waals surface area contributed by atoms with E-state index in [1.54, 1.807) is 0 Å². The molecule has 0 atom stereocenters. The molecule has 0 aromatic rings. The Hall–Kier alpha value is -0.396. The Bertz CT molecular complexity index is 347. The van der Waals surface area contributed by atoms with Crippen molar-refractivity contribution in [3.8, 4) is 0 Å². The Labute approximate surface area is 127 Å². The molecule has 0 fully saturated rings. The first-order chi connectivity index (χ1) is 8.80. The highest BCUT2D eigenvalue weighted by Crippen LogP contribution is 2.44. The van der Waals surface area contributed by atoms with Gasteiger partial charge in [0.15, 0.2) is 8.32 Å². The molecule has 0 aliphatic heterocycles. The third-order valence-corrected chi connectivity index (χ3v) is 14.9. The van der Waals surface area contributed by atoms with Crippen molar-refractivity contribution >= 4 is 22.8 Å². The number of hydrogen-bond donors (Lipinski definition) is 0. The van der Waals surface area contributed by atoms with E-state index in [0.29, 0.717) is 0 Å². The van der Waals surface area contributed by atoms with Gasteiger partial charge in [0.05, 0.1) is 0 Å². The van der Waals surface area contributed by atoms with Gasteiger partial charge in [-0.1, -0.05) is 55.0 Å². The molecule has 0 unspecified atom stereocenters. The molecule has 0 aliphatic carbocycles. The normalized spacial score (nSPS) is 13.8. The van der Waals surface area contributed by atoms with Crippen molar-refractivity contribution in [2.75, 3.05) is 0 Å². The van der Waals surface area contributed by atoms with Gasteiger partial charge in [-0.25, -0.2) is 4.79 Å². The van der Waals surface area contributed by atoms with E-state index in [1.807, 2.05) is 0 Å². The average molecular weight is 317 g/mol. The third kappa shape index (κ3) is 4.30. The molecule has 0 heterocycles. The van der Waals surface area contributed by atoms with Crippen LogP contribution in [0, 0.1) is 0 Å². The highest BCUT2D eigenvalue weighted by Gasteiger charge is 2.54. The summed E-state index contributed by atoms with van der Waals surface area (Å²) < 4.78 is 12.5. The highest BCUT2D eigenvalue weighted by atomic mass is 28.4. The van der Waals surface area contributed by atoms with Gasteiger partial charge >= 0.3 is 14.5 Å². The lowest BCUT2D eigenvalue weighted by atomic mass is 10.2. The lowest BCUT2D eigenvalue weighted by Gasteiger charge is -2.46. The van der Waals surface area contributed by atoms with E-state index in [0.717, 1.165) is 0 Å². The third-order valence-electron chi connectivity index (χ3n) is 4.26. The predicted molar refractivity (Wildman–Crippen MR) is 90.5 cm³/mol. The molecule has 0 bridgehead atoms. The van der Waals surface area contributed by atoms with Crippen molar-refractivity contribution < 1.29 is 13.3 Å². The number of carbonyl (C=O) groups excluding carboxylic acids is 1. The van der Waals surface area contributed by atoms with Crippen LogP contribution < -0.4 is 0 Å². The topological polar surface area (TPSA) is 35.5 Å². The first-order valence-electron chi connectivity index (χ1n) is 7.35. The molecular weight excluding hydrogens is 284 g/mol. The Morgan fingerprint density at radius 2 is 1.50 bits per heavy atom. The van der Waals surface area contributed by atoms with Crippen molar-refractivity contribution in [3.63, 3.8) is 0 Å². The van der Waals surface area contributed by atoms with Crippen LogP contribution in [0.4, 0.5) is 0 Å². The number of rotatable bonds is 6. The summed E-state index contributed by atoms with van der Waals surface area (Å²) in [7, 11) is -4.63. The summed E-state index contributed by atoms with van der Waals surface area (Å²) in [6, 6.07) is 0. The molecular formula is C15H32O3Si2. The van der Waals surface area contributed by atoms with Gasteiger partial charge < -0.3 is 8.54 Å². The number of hydrogen-bond acceptors (Lipinski definition) is 3. The highest BCUT2D eigenvalue weighted by molar-refractivity contribution is 6.86. The van der Waals surface area contributed by atoms with Crippen LogP contribution in [0.3, 0.4) is 0 Å². The smallest absolute Gasteiger partial charge is 0.396 e. The second-order valence-electron chi connectivity index (χ2n) is 7.52. The van der Waals surface area contributed by atoms with E-state index in [2.05, 4.69) is 68.1 Å². The SMILES string of the molecule is C=CC(=O)O[Si](O[Si](C)(C)C(C)(C)C)(C(C)C)C(C)C. The largest absolute Gasteiger partial charge is 0.491 e. The fraction of sp³-hybridized carbons (Fsp3) is 0.800.